The Balaban J connectivity index is 2.92. The average Bonchev–Trinajstić information content (AvgIpc) is 2.37. The molecule has 0 atom stereocenters. The first-order chi connectivity index (χ1) is 9.26. The summed E-state index contributed by atoms with van der Waals surface area (Å²) in [5.74, 6) is 4.22. The first kappa shape index (κ1) is 16.6. The minimum absolute atomic E-state index is 0.309. The van der Waals surface area contributed by atoms with Crippen LogP contribution in [-0.4, -0.2) is 34.6 Å². The first-order valence-corrected chi connectivity index (χ1v) is 6.51. The number of hydrogen-bond acceptors (Lipinski definition) is 4. The van der Waals surface area contributed by atoms with Gasteiger partial charge in [-0.2, -0.15) is 0 Å². The lowest BCUT2D eigenvalue weighted by atomic mass is 10.1. The molecule has 112 valence electrons. The zero-order chi connectivity index (χ0) is 15.3. The quantitative estimate of drug-likeness (QED) is 0.414. The maximum atomic E-state index is 13.8. The maximum absolute atomic E-state index is 13.8. The van der Waals surface area contributed by atoms with Crippen molar-refractivity contribution in [2.75, 3.05) is 13.1 Å². The molecule has 0 aliphatic rings. The number of halogens is 1. The molecule has 0 heterocycles. The lowest BCUT2D eigenvalue weighted by Crippen LogP contribution is -2.38. The second-order valence-corrected chi connectivity index (χ2v) is 5.40. The molecule has 0 unspecified atom stereocenters. The predicted molar refractivity (Wildman–Crippen MR) is 75.3 cm³/mol. The Hall–Kier alpha value is -1.50. The van der Waals surface area contributed by atoms with Gasteiger partial charge in [0.15, 0.2) is 0 Å². The summed E-state index contributed by atoms with van der Waals surface area (Å²) in [6.07, 6.45) is 0. The highest BCUT2D eigenvalue weighted by atomic mass is 19.1. The van der Waals surface area contributed by atoms with Gasteiger partial charge in [0, 0.05) is 24.2 Å². The molecule has 4 N–H and O–H groups in total. The molecule has 0 spiro atoms. The van der Waals surface area contributed by atoms with Crippen LogP contribution < -0.4 is 11.3 Å². The Morgan fingerprint density at radius 1 is 1.50 bits per heavy atom. The van der Waals surface area contributed by atoms with E-state index in [1.165, 1.54) is 18.2 Å². The van der Waals surface area contributed by atoms with Crippen molar-refractivity contribution < 1.29 is 14.3 Å². The molecule has 20 heavy (non-hydrogen) atoms. The van der Waals surface area contributed by atoms with Crippen LogP contribution in [0.1, 0.15) is 36.7 Å². The van der Waals surface area contributed by atoms with E-state index in [2.05, 4.69) is 0 Å². The van der Waals surface area contributed by atoms with Gasteiger partial charge in [0.05, 0.1) is 5.60 Å². The van der Waals surface area contributed by atoms with Crippen LogP contribution in [0.25, 0.3) is 0 Å². The molecule has 1 rings (SSSR count). The fourth-order valence-electron chi connectivity index (χ4n) is 1.99. The molecule has 1 aromatic rings. The monoisotopic (exact) mass is 283 g/mol. The molecule has 0 aromatic heterocycles. The summed E-state index contributed by atoms with van der Waals surface area (Å²) in [5.41, 5.74) is 1.86. The highest BCUT2D eigenvalue weighted by Crippen LogP contribution is 2.15. The van der Waals surface area contributed by atoms with Gasteiger partial charge >= 0.3 is 0 Å². The lowest BCUT2D eigenvalue weighted by Gasteiger charge is -2.28. The van der Waals surface area contributed by atoms with Gasteiger partial charge in [-0.25, -0.2) is 10.2 Å². The van der Waals surface area contributed by atoms with Gasteiger partial charge in [0.1, 0.15) is 5.82 Å². The normalized spacial score (nSPS) is 11.8. The van der Waals surface area contributed by atoms with E-state index in [4.69, 9.17) is 5.84 Å². The van der Waals surface area contributed by atoms with Gasteiger partial charge in [-0.15, -0.1) is 0 Å². The van der Waals surface area contributed by atoms with Gasteiger partial charge < -0.3 is 5.11 Å². The summed E-state index contributed by atoms with van der Waals surface area (Å²) >= 11 is 0. The van der Waals surface area contributed by atoms with E-state index in [0.29, 0.717) is 30.8 Å². The Bertz CT molecular complexity index is 472. The third-order valence-corrected chi connectivity index (χ3v) is 2.89. The summed E-state index contributed by atoms with van der Waals surface area (Å²) in [4.78, 5) is 13.4. The number of benzene rings is 1. The van der Waals surface area contributed by atoms with Gasteiger partial charge in [0.25, 0.3) is 5.91 Å². The van der Waals surface area contributed by atoms with E-state index in [1.807, 2.05) is 17.2 Å². The van der Waals surface area contributed by atoms with Crippen LogP contribution in [0.15, 0.2) is 18.2 Å². The number of carbonyl (C=O) groups excluding carboxylic acids is 1. The average molecular weight is 283 g/mol. The fraction of sp³-hybridized carbons (Fsp3) is 0.500. The second-order valence-electron chi connectivity index (χ2n) is 5.40. The number of carbonyl (C=O) groups is 1. The van der Waals surface area contributed by atoms with Crippen molar-refractivity contribution in [1.82, 2.24) is 10.3 Å². The third kappa shape index (κ3) is 4.88. The molecular weight excluding hydrogens is 261 g/mol. The largest absolute Gasteiger partial charge is 0.389 e. The molecule has 1 aromatic carbocycles. The van der Waals surface area contributed by atoms with Gasteiger partial charge in [-0.3, -0.25) is 15.1 Å². The molecule has 0 aliphatic heterocycles. The minimum Gasteiger partial charge on any atom is -0.389 e. The summed E-state index contributed by atoms with van der Waals surface area (Å²) < 4.78 is 13.8. The lowest BCUT2D eigenvalue weighted by molar-refractivity contribution is 0.0350. The predicted octanol–water partition coefficient (Wildman–Crippen LogP) is 1.02. The van der Waals surface area contributed by atoms with Crippen LogP contribution in [0.5, 0.6) is 0 Å². The maximum Gasteiger partial charge on any atom is 0.265 e. The Morgan fingerprint density at radius 3 is 2.65 bits per heavy atom. The zero-order valence-corrected chi connectivity index (χ0v) is 12.1. The Labute approximate surface area is 118 Å². The van der Waals surface area contributed by atoms with Gasteiger partial charge in [0.2, 0.25) is 0 Å². The molecule has 5 nitrogen and oxygen atoms in total. The van der Waals surface area contributed by atoms with Gasteiger partial charge in [-0.05, 0) is 38.6 Å². The van der Waals surface area contributed by atoms with Crippen molar-refractivity contribution in [1.29, 1.82) is 0 Å². The zero-order valence-electron chi connectivity index (χ0n) is 12.1. The molecule has 0 saturated heterocycles. The smallest absolute Gasteiger partial charge is 0.265 e. The highest BCUT2D eigenvalue weighted by molar-refractivity contribution is 5.93. The molecular formula is C14H22FN3O2. The van der Waals surface area contributed by atoms with E-state index in [9.17, 15) is 14.3 Å². The molecule has 0 bridgehead atoms. The van der Waals surface area contributed by atoms with Crippen LogP contribution in [-0.2, 0) is 6.54 Å². The molecule has 0 saturated carbocycles. The first-order valence-electron chi connectivity index (χ1n) is 6.51. The van der Waals surface area contributed by atoms with Crippen molar-refractivity contribution in [3.8, 4) is 0 Å². The number of likely N-dealkylation sites (N-methyl/N-ethyl adjacent to an activating group) is 1. The number of hydrogen-bond donors (Lipinski definition) is 3. The number of nitrogens with one attached hydrogen (secondary N) is 1. The van der Waals surface area contributed by atoms with Crippen LogP contribution in [0, 0.1) is 5.82 Å². The molecule has 1 amide bonds. The number of nitrogens with zero attached hydrogens (tertiary/aromatic N) is 1. The number of nitrogens with two attached hydrogens (primary N) is 1. The molecule has 0 fully saturated rings. The van der Waals surface area contributed by atoms with E-state index < -0.39 is 11.5 Å². The van der Waals surface area contributed by atoms with Crippen molar-refractivity contribution in [3.63, 3.8) is 0 Å². The van der Waals surface area contributed by atoms with Crippen LogP contribution in [0.2, 0.25) is 0 Å². The topological polar surface area (TPSA) is 78.6 Å². The van der Waals surface area contributed by atoms with E-state index in [0.717, 1.165) is 0 Å². The summed E-state index contributed by atoms with van der Waals surface area (Å²) in [7, 11) is 0. The molecule has 6 heteroatoms. The Kier molecular flexibility index (Phi) is 5.62. The van der Waals surface area contributed by atoms with Crippen LogP contribution >= 0.6 is 0 Å². The van der Waals surface area contributed by atoms with Crippen molar-refractivity contribution in [2.45, 2.75) is 32.9 Å². The van der Waals surface area contributed by atoms with Crippen molar-refractivity contribution in [2.24, 2.45) is 5.84 Å². The summed E-state index contributed by atoms with van der Waals surface area (Å²) in [6, 6.07) is 4.11. The van der Waals surface area contributed by atoms with Crippen molar-refractivity contribution in [3.05, 3.63) is 35.1 Å². The number of nitrogen functional groups attached to an aromatic ring is 1. The van der Waals surface area contributed by atoms with E-state index in [1.54, 1.807) is 13.8 Å². The van der Waals surface area contributed by atoms with Crippen LogP contribution in [0.3, 0.4) is 0 Å². The second kappa shape index (κ2) is 6.78. The number of aliphatic hydroxyl groups is 1. The van der Waals surface area contributed by atoms with Crippen molar-refractivity contribution >= 4 is 5.91 Å². The molecule has 0 aliphatic carbocycles. The van der Waals surface area contributed by atoms with Gasteiger partial charge in [-0.1, -0.05) is 6.92 Å². The SMILES string of the molecule is CCN(Cc1cc(C(=O)NN)ccc1F)CC(C)(C)O. The number of amides is 1. The Morgan fingerprint density at radius 2 is 2.15 bits per heavy atom. The fourth-order valence-corrected chi connectivity index (χ4v) is 1.99. The number of hydrazine groups is 1. The van der Waals surface area contributed by atoms with E-state index in [-0.39, 0.29) is 5.82 Å². The third-order valence-electron chi connectivity index (χ3n) is 2.89. The molecule has 0 radical (unpaired) electrons. The van der Waals surface area contributed by atoms with Crippen LogP contribution in [0.4, 0.5) is 4.39 Å². The number of rotatable bonds is 6. The summed E-state index contributed by atoms with van der Waals surface area (Å²) in [5, 5.41) is 9.83. The van der Waals surface area contributed by atoms with E-state index >= 15 is 0 Å². The minimum atomic E-state index is -0.862. The standard InChI is InChI=1S/C14H22FN3O2/c1-4-18(9-14(2,3)20)8-11-7-10(13(19)17-16)5-6-12(11)15/h5-7,20H,4,8-9,16H2,1-3H3,(H,17,19). The summed E-state index contributed by atoms with van der Waals surface area (Å²) in [6.45, 7) is 6.72. The highest BCUT2D eigenvalue weighted by Gasteiger charge is 2.19.